The van der Waals surface area contributed by atoms with E-state index in [1.54, 1.807) is 19.1 Å². The Labute approximate surface area is 163 Å². The predicted molar refractivity (Wildman–Crippen MR) is 103 cm³/mol. The number of nitrogens with zero attached hydrogens (tertiary/aromatic N) is 2. The predicted octanol–water partition coefficient (Wildman–Crippen LogP) is 3.99. The fraction of sp³-hybridized carbons (Fsp3) is 0.571. The maximum atomic E-state index is 15.3. The Kier molecular flexibility index (Phi) is 4.63. The minimum Gasteiger partial charge on any atom is -0.466 e. The van der Waals surface area contributed by atoms with Crippen LogP contribution in [0.3, 0.4) is 0 Å². The van der Waals surface area contributed by atoms with Crippen molar-refractivity contribution < 1.29 is 18.7 Å². The molecular formula is C21H26FN3O3. The van der Waals surface area contributed by atoms with Crippen molar-refractivity contribution in [3.8, 4) is 0 Å². The quantitative estimate of drug-likeness (QED) is 0.761. The summed E-state index contributed by atoms with van der Waals surface area (Å²) in [5.74, 6) is -0.615. The number of rotatable bonds is 6. The molecule has 2 aromatic rings. The van der Waals surface area contributed by atoms with Gasteiger partial charge >= 0.3 is 5.97 Å². The zero-order chi connectivity index (χ0) is 20.1. The maximum Gasteiger partial charge on any atom is 0.310 e. The number of carbonyl (C=O) groups excluding carboxylic acids is 2. The highest BCUT2D eigenvalue weighted by molar-refractivity contribution is 5.95. The summed E-state index contributed by atoms with van der Waals surface area (Å²) in [5.41, 5.74) is 1.14. The average Bonchev–Trinajstić information content (AvgIpc) is 3.08. The van der Waals surface area contributed by atoms with Crippen molar-refractivity contribution in [2.24, 2.45) is 11.3 Å². The van der Waals surface area contributed by atoms with Crippen LogP contribution >= 0.6 is 0 Å². The largest absolute Gasteiger partial charge is 0.466 e. The number of nitrogens with one attached hydrogen (secondary N) is 1. The van der Waals surface area contributed by atoms with E-state index in [1.807, 2.05) is 4.57 Å². The number of halogens is 1. The number of benzene rings is 1. The summed E-state index contributed by atoms with van der Waals surface area (Å²) in [6.07, 6.45) is 3.64. The van der Waals surface area contributed by atoms with Crippen LogP contribution in [-0.2, 0) is 20.7 Å². The van der Waals surface area contributed by atoms with Crippen LogP contribution in [0.15, 0.2) is 12.1 Å². The summed E-state index contributed by atoms with van der Waals surface area (Å²) in [7, 11) is 0. The highest BCUT2D eigenvalue weighted by Crippen LogP contribution is 2.52. The van der Waals surface area contributed by atoms with Gasteiger partial charge in [-0.2, -0.15) is 0 Å². The highest BCUT2D eigenvalue weighted by atomic mass is 19.1. The number of anilines is 1. The molecular weight excluding hydrogens is 361 g/mol. The Bertz CT molecular complexity index is 946. The molecule has 2 aliphatic rings. The van der Waals surface area contributed by atoms with Crippen molar-refractivity contribution in [2.75, 3.05) is 11.9 Å². The van der Waals surface area contributed by atoms with E-state index in [2.05, 4.69) is 24.1 Å². The molecule has 6 nitrogen and oxygen atoms in total. The fourth-order valence-corrected chi connectivity index (χ4v) is 3.89. The zero-order valence-corrected chi connectivity index (χ0v) is 16.5. The normalized spacial score (nSPS) is 20.6. The molecule has 0 radical (unpaired) electrons. The molecule has 150 valence electrons. The van der Waals surface area contributed by atoms with Crippen molar-refractivity contribution in [3.05, 3.63) is 23.5 Å². The lowest BCUT2D eigenvalue weighted by molar-refractivity contribution is -0.142. The van der Waals surface area contributed by atoms with E-state index in [-0.39, 0.29) is 41.9 Å². The topological polar surface area (TPSA) is 73.2 Å². The first-order valence-electron chi connectivity index (χ1n) is 9.97. The summed E-state index contributed by atoms with van der Waals surface area (Å²) >= 11 is 0. The minimum atomic E-state index is -0.461. The molecule has 1 amide bonds. The van der Waals surface area contributed by atoms with Gasteiger partial charge in [0.25, 0.3) is 0 Å². The van der Waals surface area contributed by atoms with Gasteiger partial charge in [-0.05, 0) is 44.1 Å². The monoisotopic (exact) mass is 387 g/mol. The molecule has 1 aromatic carbocycles. The Balaban J connectivity index is 1.71. The molecule has 1 N–H and O–H groups in total. The molecule has 2 saturated carbocycles. The Morgan fingerprint density at radius 2 is 2.07 bits per heavy atom. The lowest BCUT2D eigenvalue weighted by Gasteiger charge is -2.29. The number of hydrogen-bond acceptors (Lipinski definition) is 4. The van der Waals surface area contributed by atoms with Crippen LogP contribution in [0.4, 0.5) is 10.3 Å². The molecule has 2 fully saturated rings. The molecule has 1 atom stereocenters. The molecule has 28 heavy (non-hydrogen) atoms. The number of carbonyl (C=O) groups is 2. The van der Waals surface area contributed by atoms with Crippen LogP contribution in [0.2, 0.25) is 0 Å². The van der Waals surface area contributed by atoms with Crippen LogP contribution in [-0.4, -0.2) is 28.0 Å². The molecule has 0 unspecified atom stereocenters. The van der Waals surface area contributed by atoms with Gasteiger partial charge in [-0.25, -0.2) is 9.37 Å². The number of ether oxygens (including phenoxy) is 1. The molecule has 4 rings (SSSR count). The highest BCUT2D eigenvalue weighted by Gasteiger charge is 2.50. The minimum absolute atomic E-state index is 0.00938. The van der Waals surface area contributed by atoms with Gasteiger partial charge in [0, 0.05) is 17.5 Å². The first kappa shape index (κ1) is 18.9. The number of hydrogen-bond donors (Lipinski definition) is 1. The average molecular weight is 387 g/mol. The van der Waals surface area contributed by atoms with E-state index in [9.17, 15) is 9.59 Å². The van der Waals surface area contributed by atoms with Crippen LogP contribution in [0, 0.1) is 17.2 Å². The fourth-order valence-electron chi connectivity index (χ4n) is 3.89. The van der Waals surface area contributed by atoms with Gasteiger partial charge in [0.15, 0.2) is 5.82 Å². The maximum absolute atomic E-state index is 15.3. The lowest BCUT2D eigenvalue weighted by atomic mass is 9.92. The standard InChI is InChI=1S/C21H26FN3O3/c1-4-28-16(26)10-12-8-9-15-18(17(12)22)25(13-6-5-7-13)20(23-15)24-19(27)14-11-21(14,2)3/h8-9,13-14H,4-7,10-11H2,1-3H3,(H,23,24,27)/t14-/m1/s1. The smallest absolute Gasteiger partial charge is 0.310 e. The van der Waals surface area contributed by atoms with Crippen molar-refractivity contribution >= 4 is 28.9 Å². The first-order chi connectivity index (χ1) is 13.3. The molecule has 1 aromatic heterocycles. The number of imidazole rings is 1. The third-order valence-electron chi connectivity index (χ3n) is 6.02. The van der Waals surface area contributed by atoms with Crippen molar-refractivity contribution in [3.63, 3.8) is 0 Å². The molecule has 0 saturated heterocycles. The second-order valence-corrected chi connectivity index (χ2v) is 8.51. The third kappa shape index (κ3) is 3.27. The van der Waals surface area contributed by atoms with E-state index in [0.29, 0.717) is 17.0 Å². The van der Waals surface area contributed by atoms with Gasteiger partial charge in [-0.15, -0.1) is 0 Å². The van der Waals surface area contributed by atoms with Crippen LogP contribution in [0.25, 0.3) is 11.0 Å². The van der Waals surface area contributed by atoms with Gasteiger partial charge in [-0.1, -0.05) is 19.9 Å². The summed E-state index contributed by atoms with van der Waals surface area (Å²) in [6, 6.07) is 3.39. The lowest BCUT2D eigenvalue weighted by Crippen LogP contribution is -2.24. The van der Waals surface area contributed by atoms with Crippen LogP contribution < -0.4 is 5.32 Å². The first-order valence-corrected chi connectivity index (χ1v) is 9.97. The molecule has 0 spiro atoms. The molecule has 0 bridgehead atoms. The number of esters is 1. The van der Waals surface area contributed by atoms with Gasteiger partial charge in [-0.3, -0.25) is 14.9 Å². The van der Waals surface area contributed by atoms with Crippen molar-refractivity contribution in [1.29, 1.82) is 0 Å². The Hall–Kier alpha value is -2.44. The van der Waals surface area contributed by atoms with Crippen LogP contribution in [0.1, 0.15) is 58.1 Å². The SMILES string of the molecule is CCOC(=O)Cc1ccc2nc(NC(=O)[C@H]3CC3(C)C)n(C3CCC3)c2c1F. The van der Waals surface area contributed by atoms with Crippen molar-refractivity contribution in [1.82, 2.24) is 9.55 Å². The molecule has 1 heterocycles. The number of fused-ring (bicyclic) bond motifs is 1. The Morgan fingerprint density at radius 1 is 1.36 bits per heavy atom. The van der Waals surface area contributed by atoms with E-state index in [4.69, 9.17) is 4.74 Å². The van der Waals surface area contributed by atoms with Gasteiger partial charge in [0.1, 0.15) is 5.52 Å². The summed E-state index contributed by atoms with van der Waals surface area (Å²) in [6.45, 7) is 6.11. The van der Waals surface area contributed by atoms with Crippen molar-refractivity contribution in [2.45, 2.75) is 58.9 Å². The molecule has 7 heteroatoms. The van der Waals surface area contributed by atoms with Gasteiger partial charge in [0.05, 0.1) is 18.5 Å². The number of aromatic nitrogens is 2. The van der Waals surface area contributed by atoms with Crippen LogP contribution in [0.5, 0.6) is 0 Å². The summed E-state index contributed by atoms with van der Waals surface area (Å²) in [5, 5.41) is 2.93. The third-order valence-corrected chi connectivity index (χ3v) is 6.02. The molecule has 0 aliphatic heterocycles. The van der Waals surface area contributed by atoms with E-state index in [0.717, 1.165) is 25.7 Å². The van der Waals surface area contributed by atoms with E-state index < -0.39 is 11.8 Å². The second-order valence-electron chi connectivity index (χ2n) is 8.51. The summed E-state index contributed by atoms with van der Waals surface area (Å²) in [4.78, 5) is 28.9. The van der Waals surface area contributed by atoms with Gasteiger partial charge < -0.3 is 9.30 Å². The summed E-state index contributed by atoms with van der Waals surface area (Å²) < 4.78 is 22.1. The number of amides is 1. The van der Waals surface area contributed by atoms with E-state index in [1.165, 1.54) is 0 Å². The second kappa shape index (κ2) is 6.87. The van der Waals surface area contributed by atoms with E-state index >= 15 is 4.39 Å². The van der Waals surface area contributed by atoms with Gasteiger partial charge in [0.2, 0.25) is 11.9 Å². The zero-order valence-electron chi connectivity index (χ0n) is 16.5. The molecule has 2 aliphatic carbocycles. The Morgan fingerprint density at radius 3 is 2.64 bits per heavy atom.